The Labute approximate surface area is 522 Å². The third kappa shape index (κ3) is 20.6. The van der Waals surface area contributed by atoms with Crippen LogP contribution >= 0.6 is 21.6 Å². The fourth-order valence-corrected chi connectivity index (χ4v) is 12.2. The molecule has 0 spiro atoms. The van der Waals surface area contributed by atoms with Crippen molar-refractivity contribution in [3.63, 3.8) is 0 Å². The lowest BCUT2D eigenvalue weighted by atomic mass is 10.00. The summed E-state index contributed by atoms with van der Waals surface area (Å²) in [6.07, 6.45) is 0.0568. The molecule has 1 saturated heterocycles. The van der Waals surface area contributed by atoms with Gasteiger partial charge in [0.15, 0.2) is 0 Å². The van der Waals surface area contributed by atoms with Gasteiger partial charge >= 0.3 is 5.97 Å². The maximum atomic E-state index is 15.2. The van der Waals surface area contributed by atoms with Crippen molar-refractivity contribution in [2.45, 2.75) is 119 Å². The number of hydrogen-bond donors (Lipinski definition) is 15. The lowest BCUT2D eigenvalue weighted by molar-refractivity contribution is -0.141. The van der Waals surface area contributed by atoms with Crippen LogP contribution in [0.15, 0.2) is 140 Å². The molecular weight excluding hydrogens is 1180 g/mol. The van der Waals surface area contributed by atoms with E-state index in [9.17, 15) is 44.1 Å². The first-order valence-electron chi connectivity index (χ1n) is 29.0. The Kier molecular flexibility index (Phi) is 25.4. The number of H-pyrrole nitrogens is 1. The quantitative estimate of drug-likeness (QED) is 0.0326. The van der Waals surface area contributed by atoms with Gasteiger partial charge in [0.1, 0.15) is 54.1 Å². The Morgan fingerprint density at radius 2 is 1.06 bits per heavy atom. The highest BCUT2D eigenvalue weighted by molar-refractivity contribution is 8.76. The summed E-state index contributed by atoms with van der Waals surface area (Å²) in [7, 11) is 1.87. The predicted molar refractivity (Wildman–Crippen MR) is 339 cm³/mol. The van der Waals surface area contributed by atoms with E-state index in [-0.39, 0.29) is 62.3 Å². The second-order valence-corrected chi connectivity index (χ2v) is 24.3. The van der Waals surface area contributed by atoms with Crippen molar-refractivity contribution in [1.29, 1.82) is 0 Å². The Morgan fingerprint density at radius 1 is 0.573 bits per heavy atom. The number of carbonyl (C=O) groups is 9. The smallest absolute Gasteiger partial charge is 0.327 e. The second kappa shape index (κ2) is 33.4. The van der Waals surface area contributed by atoms with Gasteiger partial charge in [-0.25, -0.2) is 4.79 Å². The predicted octanol–water partition coefficient (Wildman–Crippen LogP) is 1.16. The summed E-state index contributed by atoms with van der Waals surface area (Å²) in [5, 5.41) is 53.7. The summed E-state index contributed by atoms with van der Waals surface area (Å²) in [6, 6.07) is 23.5. The largest absolute Gasteiger partial charge is 0.508 e. The number of nitrogens with one attached hydrogen (secondary N) is 9. The molecule has 10 atom stereocenters. The number of aliphatic hydroxyl groups is 1. The number of aromatic hydroxyl groups is 1. The fraction of sp³-hybridized carbons (Fsp3) is 0.349. The van der Waals surface area contributed by atoms with Crippen molar-refractivity contribution in [2.75, 3.05) is 23.8 Å². The van der Waals surface area contributed by atoms with Gasteiger partial charge in [-0.05, 0) is 97.3 Å². The van der Waals surface area contributed by atoms with Crippen molar-refractivity contribution in [3.8, 4) is 5.75 Å². The molecule has 0 bridgehead atoms. The summed E-state index contributed by atoms with van der Waals surface area (Å²) in [5.41, 5.74) is 22.3. The topological polar surface area (TPSA) is 404 Å². The van der Waals surface area contributed by atoms with Crippen molar-refractivity contribution in [1.82, 2.24) is 47.5 Å². The van der Waals surface area contributed by atoms with E-state index in [2.05, 4.69) is 47.5 Å². The molecule has 24 nitrogen and oxygen atoms in total. The van der Waals surface area contributed by atoms with Crippen molar-refractivity contribution in [2.24, 2.45) is 11.5 Å². The lowest BCUT2D eigenvalue weighted by Gasteiger charge is -2.29. The van der Waals surface area contributed by atoms with Crippen LogP contribution in [-0.4, -0.2) is 152 Å². The van der Waals surface area contributed by atoms with E-state index in [1.807, 2.05) is 18.2 Å². The van der Waals surface area contributed by atoms with Crippen LogP contribution in [0, 0.1) is 0 Å². The Bertz CT molecular complexity index is 3380. The Balaban J connectivity index is 1.30. The first-order valence-corrected chi connectivity index (χ1v) is 31.5. The number of phenolic OH excluding ortho intramolecular Hbond substituents is 1. The number of aliphatic hydroxyl groups excluding tert-OH is 1. The fourth-order valence-electron chi connectivity index (χ4n) is 9.84. The molecule has 8 amide bonds. The number of nitrogen functional groups attached to an aromatic ring is 1. The average Bonchev–Trinajstić information content (AvgIpc) is 3.67. The standard InChI is InChI=1S/C63H76N12O12S2/c1-36(76)54-62(85)72-50(30-38-14-6-3-7-15-38)59(82)74-53(63(86)87)35-89-88-34-52(73-55(78)45(66)28-39-21-25-43(77)26-22-39)61(84)70-48(29-37-12-4-2-5-13-37)57(80)69-49(31-40-19-23-42(65)24-20-40)58(81)71-51(32-41-33-67-46-17-9-8-16-44(41)46)60(83)68-47(56(79)75-54)18-10-11-27-64/h2-9,12-17,19-26,33,36,45,47-54,67,76-77H,10-11,18,27-32,34-35,64-66H2,1H3,(H,68,83)(H,69,80)(H,70,84)(H,71,81)(H,72,85)(H,73,78)(H,74,82)(H,75,79)(H,86,87)/t36-,45+,47+,48+,49+,50+,51+,52+,53+,54-/m1/s1. The molecule has 0 aliphatic carbocycles. The number of aromatic amines is 1. The first-order chi connectivity index (χ1) is 42.7. The average molecular weight is 1260 g/mol. The minimum atomic E-state index is -1.75. The summed E-state index contributed by atoms with van der Waals surface area (Å²) >= 11 is 0. The monoisotopic (exact) mass is 1260 g/mol. The molecule has 1 aliphatic heterocycles. The van der Waals surface area contributed by atoms with Gasteiger partial charge < -0.3 is 80.0 Å². The second-order valence-electron chi connectivity index (χ2n) is 21.7. The third-order valence-corrected chi connectivity index (χ3v) is 17.2. The number of carboxylic acid groups (broad SMARTS) is 1. The van der Waals surface area contributed by atoms with Gasteiger partial charge in [0.05, 0.1) is 12.1 Å². The normalized spacial score (nSPS) is 22.2. The molecule has 26 heteroatoms. The molecule has 89 heavy (non-hydrogen) atoms. The van der Waals surface area contributed by atoms with Crippen LogP contribution in [-0.2, 0) is 75.3 Å². The number of carbonyl (C=O) groups excluding carboxylic acids is 8. The molecule has 2 heterocycles. The van der Waals surface area contributed by atoms with E-state index in [4.69, 9.17) is 17.2 Å². The zero-order valence-corrected chi connectivity index (χ0v) is 50.5. The van der Waals surface area contributed by atoms with Crippen LogP contribution in [0.2, 0.25) is 0 Å². The van der Waals surface area contributed by atoms with Gasteiger partial charge in [0, 0.05) is 60.0 Å². The van der Waals surface area contributed by atoms with Crippen LogP contribution in [0.4, 0.5) is 5.69 Å². The van der Waals surface area contributed by atoms with Crippen LogP contribution in [0.25, 0.3) is 10.9 Å². The van der Waals surface area contributed by atoms with E-state index in [1.165, 1.54) is 19.1 Å². The van der Waals surface area contributed by atoms with Gasteiger partial charge in [-0.3, -0.25) is 38.4 Å². The minimum Gasteiger partial charge on any atom is -0.508 e. The molecule has 0 radical (unpaired) electrons. The highest BCUT2D eigenvalue weighted by Gasteiger charge is 2.37. The molecular formula is C63H76N12O12S2. The zero-order chi connectivity index (χ0) is 64.0. The molecule has 5 aromatic carbocycles. The van der Waals surface area contributed by atoms with Gasteiger partial charge in [-0.2, -0.15) is 0 Å². The van der Waals surface area contributed by atoms with E-state index in [0.29, 0.717) is 57.2 Å². The highest BCUT2D eigenvalue weighted by atomic mass is 33.1. The lowest BCUT2D eigenvalue weighted by Crippen LogP contribution is -2.62. The number of para-hydroxylation sites is 1. The van der Waals surface area contributed by atoms with Crippen molar-refractivity contribution < 1.29 is 58.5 Å². The maximum absolute atomic E-state index is 15.2. The number of carboxylic acids is 1. The number of aromatic nitrogens is 1. The summed E-state index contributed by atoms with van der Waals surface area (Å²) in [4.78, 5) is 133. The Hall–Kier alpha value is -8.95. The molecule has 18 N–H and O–H groups in total. The number of aliphatic carboxylic acids is 1. The minimum absolute atomic E-state index is 0.0122. The van der Waals surface area contributed by atoms with E-state index < -0.39 is 114 Å². The number of benzene rings is 5. The highest BCUT2D eigenvalue weighted by Crippen LogP contribution is 2.25. The molecule has 6 aromatic rings. The number of anilines is 1. The van der Waals surface area contributed by atoms with Gasteiger partial charge in [0.2, 0.25) is 47.3 Å². The summed E-state index contributed by atoms with van der Waals surface area (Å²) < 4.78 is 0. The zero-order valence-electron chi connectivity index (χ0n) is 48.9. The molecule has 472 valence electrons. The van der Waals surface area contributed by atoms with Crippen LogP contribution in [0.5, 0.6) is 5.75 Å². The van der Waals surface area contributed by atoms with Crippen LogP contribution in [0.1, 0.15) is 54.0 Å². The van der Waals surface area contributed by atoms with Gasteiger partial charge in [0.25, 0.3) is 0 Å². The molecule has 1 aromatic heterocycles. The van der Waals surface area contributed by atoms with Crippen molar-refractivity contribution in [3.05, 3.63) is 167 Å². The van der Waals surface area contributed by atoms with Gasteiger partial charge in [-0.1, -0.05) is 125 Å². The first kappa shape index (κ1) is 67.6. The third-order valence-electron chi connectivity index (χ3n) is 14.8. The molecule has 1 aliphatic rings. The molecule has 7 rings (SSSR count). The number of nitrogens with two attached hydrogens (primary N) is 3. The van der Waals surface area contributed by atoms with Gasteiger partial charge in [-0.15, -0.1) is 0 Å². The van der Waals surface area contributed by atoms with E-state index in [0.717, 1.165) is 21.6 Å². The van der Waals surface area contributed by atoms with Crippen LogP contribution in [0.3, 0.4) is 0 Å². The number of unbranched alkanes of at least 4 members (excludes halogenated alkanes) is 1. The molecule has 0 unspecified atom stereocenters. The number of rotatable bonds is 18. The number of amides is 8. The summed E-state index contributed by atoms with van der Waals surface area (Å²) in [5.74, 6) is -9.19. The SMILES string of the molecule is C[C@@H](O)[C@H]1NC(=O)[C@H](CCCCN)NC(=O)[C@H](Cc2c[nH]c3ccccc23)NC(=O)[C@H](Cc2ccc(N)cc2)NC(=O)[C@H](Cc2ccccc2)NC(=O)[C@@H](NC(=O)[C@@H](N)Cc2ccc(O)cc2)CSSC[C@@H](C(=O)O)NC(=O)[C@H](Cc2ccccc2)NC1=O. The van der Waals surface area contributed by atoms with Crippen LogP contribution < -0.4 is 59.7 Å². The number of fused-ring (bicyclic) bond motifs is 1. The number of hydrogen-bond acceptors (Lipinski definition) is 16. The Morgan fingerprint density at radius 3 is 1.63 bits per heavy atom. The summed E-state index contributed by atoms with van der Waals surface area (Å²) in [6.45, 7) is 1.45. The molecule has 1 fully saturated rings. The number of phenols is 1. The maximum Gasteiger partial charge on any atom is 0.327 e. The molecule has 0 saturated carbocycles. The van der Waals surface area contributed by atoms with E-state index in [1.54, 1.807) is 109 Å². The van der Waals surface area contributed by atoms with Crippen molar-refractivity contribution >= 4 is 91.4 Å². The van der Waals surface area contributed by atoms with E-state index >= 15 is 14.4 Å².